The molecule has 4 heteroatoms. The first-order valence-corrected chi connectivity index (χ1v) is 5.46. The minimum Gasteiger partial charge on any atom is -0.382 e. The summed E-state index contributed by atoms with van der Waals surface area (Å²) in [5.74, 6) is 0. The SMILES string of the molecule is FC(F)(F)CCC[C@@H]1Cc2ccccc2N1. The van der Waals surface area contributed by atoms with Crippen molar-refractivity contribution in [1.29, 1.82) is 0 Å². The van der Waals surface area contributed by atoms with E-state index in [1.165, 1.54) is 5.56 Å². The van der Waals surface area contributed by atoms with E-state index in [1.807, 2.05) is 24.3 Å². The van der Waals surface area contributed by atoms with E-state index in [1.54, 1.807) is 0 Å². The fourth-order valence-corrected chi connectivity index (χ4v) is 2.10. The highest BCUT2D eigenvalue weighted by Crippen LogP contribution is 2.29. The Balaban J connectivity index is 1.79. The molecule has 0 aliphatic carbocycles. The van der Waals surface area contributed by atoms with Gasteiger partial charge in [-0.25, -0.2) is 0 Å². The lowest BCUT2D eigenvalue weighted by molar-refractivity contribution is -0.135. The highest BCUT2D eigenvalue weighted by atomic mass is 19.4. The smallest absolute Gasteiger partial charge is 0.382 e. The molecule has 2 rings (SSSR count). The van der Waals surface area contributed by atoms with E-state index in [2.05, 4.69) is 5.32 Å². The number of hydrogen-bond acceptors (Lipinski definition) is 1. The number of fused-ring (bicyclic) bond motifs is 1. The van der Waals surface area contributed by atoms with Crippen LogP contribution in [-0.2, 0) is 6.42 Å². The molecule has 0 saturated carbocycles. The fraction of sp³-hybridized carbons (Fsp3) is 0.500. The number of anilines is 1. The Morgan fingerprint density at radius 2 is 2.00 bits per heavy atom. The summed E-state index contributed by atoms with van der Waals surface area (Å²) in [6, 6.07) is 8.05. The van der Waals surface area contributed by atoms with Crippen LogP contribution >= 0.6 is 0 Å². The van der Waals surface area contributed by atoms with Crippen molar-refractivity contribution in [2.75, 3.05) is 5.32 Å². The maximum atomic E-state index is 12.0. The van der Waals surface area contributed by atoms with Crippen LogP contribution in [0.2, 0.25) is 0 Å². The average Bonchev–Trinajstić information content (AvgIpc) is 2.57. The van der Waals surface area contributed by atoms with E-state index in [-0.39, 0.29) is 12.5 Å². The number of para-hydroxylation sites is 1. The number of benzene rings is 1. The molecular weight excluding hydrogens is 215 g/mol. The zero-order valence-corrected chi connectivity index (χ0v) is 8.85. The minimum atomic E-state index is -4.02. The summed E-state index contributed by atoms with van der Waals surface area (Å²) in [6.45, 7) is 0. The zero-order valence-electron chi connectivity index (χ0n) is 8.85. The second-order valence-corrected chi connectivity index (χ2v) is 4.21. The van der Waals surface area contributed by atoms with Crippen molar-refractivity contribution in [3.8, 4) is 0 Å². The van der Waals surface area contributed by atoms with Gasteiger partial charge in [-0.05, 0) is 30.9 Å². The molecule has 0 saturated heterocycles. The third-order valence-corrected chi connectivity index (χ3v) is 2.86. The van der Waals surface area contributed by atoms with E-state index in [0.717, 1.165) is 12.1 Å². The third kappa shape index (κ3) is 2.90. The quantitative estimate of drug-likeness (QED) is 0.832. The van der Waals surface area contributed by atoms with Gasteiger partial charge < -0.3 is 5.32 Å². The van der Waals surface area contributed by atoms with Gasteiger partial charge in [0.2, 0.25) is 0 Å². The maximum absolute atomic E-state index is 12.0. The topological polar surface area (TPSA) is 12.0 Å². The Hall–Kier alpha value is -1.19. The highest BCUT2D eigenvalue weighted by molar-refractivity contribution is 5.56. The van der Waals surface area contributed by atoms with Crippen LogP contribution in [0.4, 0.5) is 18.9 Å². The molecule has 16 heavy (non-hydrogen) atoms. The van der Waals surface area contributed by atoms with Crippen molar-refractivity contribution in [3.05, 3.63) is 29.8 Å². The average molecular weight is 229 g/mol. The number of nitrogens with one attached hydrogen (secondary N) is 1. The Kier molecular flexibility index (Phi) is 3.08. The van der Waals surface area contributed by atoms with Gasteiger partial charge in [0.15, 0.2) is 0 Å². The Labute approximate surface area is 92.7 Å². The van der Waals surface area contributed by atoms with Gasteiger partial charge in [-0.15, -0.1) is 0 Å². The number of halogens is 3. The van der Waals surface area contributed by atoms with Crippen LogP contribution in [0.25, 0.3) is 0 Å². The second-order valence-electron chi connectivity index (χ2n) is 4.21. The summed E-state index contributed by atoms with van der Waals surface area (Å²) in [5.41, 5.74) is 2.28. The molecule has 1 aromatic carbocycles. The lowest BCUT2D eigenvalue weighted by Gasteiger charge is -2.11. The van der Waals surface area contributed by atoms with E-state index in [9.17, 15) is 13.2 Å². The Bertz CT molecular complexity index is 335. The number of alkyl halides is 3. The van der Waals surface area contributed by atoms with Gasteiger partial charge in [-0.2, -0.15) is 13.2 Å². The summed E-state index contributed by atoms with van der Waals surface area (Å²) < 4.78 is 35.9. The van der Waals surface area contributed by atoms with Gasteiger partial charge in [0.25, 0.3) is 0 Å². The highest BCUT2D eigenvalue weighted by Gasteiger charge is 2.27. The summed E-state index contributed by atoms with van der Waals surface area (Å²) in [6.07, 6.45) is -3.08. The molecule has 0 fully saturated rings. The first-order valence-electron chi connectivity index (χ1n) is 5.46. The molecule has 1 aromatic rings. The summed E-state index contributed by atoms with van der Waals surface area (Å²) in [4.78, 5) is 0. The van der Waals surface area contributed by atoms with Gasteiger partial charge in [0, 0.05) is 18.2 Å². The van der Waals surface area contributed by atoms with Crippen molar-refractivity contribution in [3.63, 3.8) is 0 Å². The van der Waals surface area contributed by atoms with Crippen LogP contribution in [0.1, 0.15) is 24.8 Å². The van der Waals surface area contributed by atoms with E-state index >= 15 is 0 Å². The summed E-state index contributed by atoms with van der Waals surface area (Å²) >= 11 is 0. The van der Waals surface area contributed by atoms with Crippen molar-refractivity contribution >= 4 is 5.69 Å². The van der Waals surface area contributed by atoms with Crippen molar-refractivity contribution in [2.45, 2.75) is 37.9 Å². The van der Waals surface area contributed by atoms with E-state index in [4.69, 9.17) is 0 Å². The van der Waals surface area contributed by atoms with Crippen LogP contribution in [0.5, 0.6) is 0 Å². The molecule has 0 aromatic heterocycles. The summed E-state index contributed by atoms with van der Waals surface area (Å²) in [7, 11) is 0. The predicted molar refractivity (Wildman–Crippen MR) is 57.5 cm³/mol. The van der Waals surface area contributed by atoms with Crippen LogP contribution in [0.3, 0.4) is 0 Å². The van der Waals surface area contributed by atoms with Crippen molar-refractivity contribution in [2.24, 2.45) is 0 Å². The molecule has 1 aliphatic heterocycles. The lowest BCUT2D eigenvalue weighted by atomic mass is 10.1. The minimum absolute atomic E-state index is 0.166. The van der Waals surface area contributed by atoms with Crippen LogP contribution < -0.4 is 5.32 Å². The van der Waals surface area contributed by atoms with Gasteiger partial charge in [-0.3, -0.25) is 0 Å². The molecule has 0 spiro atoms. The second kappa shape index (κ2) is 4.36. The number of rotatable bonds is 3. The molecule has 0 amide bonds. The van der Waals surface area contributed by atoms with Crippen LogP contribution in [0, 0.1) is 0 Å². The summed E-state index contributed by atoms with van der Waals surface area (Å²) in [5, 5.41) is 3.25. The van der Waals surface area contributed by atoms with Crippen molar-refractivity contribution in [1.82, 2.24) is 0 Å². The van der Waals surface area contributed by atoms with Gasteiger partial charge >= 0.3 is 6.18 Å². The van der Waals surface area contributed by atoms with Crippen LogP contribution in [0.15, 0.2) is 24.3 Å². The molecular formula is C12H14F3N. The van der Waals surface area contributed by atoms with Gasteiger partial charge in [0.05, 0.1) is 0 Å². The first-order chi connectivity index (χ1) is 7.54. The zero-order chi connectivity index (χ0) is 11.6. The maximum Gasteiger partial charge on any atom is 0.389 e. The number of hydrogen-bond donors (Lipinski definition) is 1. The van der Waals surface area contributed by atoms with E-state index in [0.29, 0.717) is 6.42 Å². The van der Waals surface area contributed by atoms with Crippen LogP contribution in [-0.4, -0.2) is 12.2 Å². The molecule has 0 unspecified atom stereocenters. The predicted octanol–water partition coefficient (Wildman–Crippen LogP) is 3.76. The third-order valence-electron chi connectivity index (χ3n) is 2.86. The molecule has 0 radical (unpaired) electrons. The Morgan fingerprint density at radius 1 is 1.25 bits per heavy atom. The van der Waals surface area contributed by atoms with Gasteiger partial charge in [-0.1, -0.05) is 18.2 Å². The molecule has 1 heterocycles. The molecule has 1 nitrogen and oxygen atoms in total. The first kappa shape index (κ1) is 11.3. The lowest BCUT2D eigenvalue weighted by Crippen LogP contribution is -2.16. The molecule has 1 atom stereocenters. The van der Waals surface area contributed by atoms with Crippen molar-refractivity contribution < 1.29 is 13.2 Å². The molecule has 1 aliphatic rings. The molecule has 0 bridgehead atoms. The molecule has 88 valence electrons. The monoisotopic (exact) mass is 229 g/mol. The molecule has 1 N–H and O–H groups in total. The standard InChI is InChI=1S/C12H14F3N/c13-12(14,15)7-3-5-10-8-9-4-1-2-6-11(9)16-10/h1-2,4,6,10,16H,3,5,7-8H2/t10-/m1/s1. The normalized spacial score (nSPS) is 19.3. The Morgan fingerprint density at radius 3 is 2.69 bits per heavy atom. The largest absolute Gasteiger partial charge is 0.389 e. The van der Waals surface area contributed by atoms with E-state index < -0.39 is 12.6 Å². The fourth-order valence-electron chi connectivity index (χ4n) is 2.10. The van der Waals surface area contributed by atoms with Gasteiger partial charge in [0.1, 0.15) is 0 Å².